The summed E-state index contributed by atoms with van der Waals surface area (Å²) in [5.41, 5.74) is -2.28. The first kappa shape index (κ1) is 23.4. The molecule has 0 fully saturated rings. The fraction of sp³-hybridized carbons (Fsp3) is 0.182. The standard InChI is InChI=1S/C18H15Ge.C4H11O2PS2/c1-4-10-16(11-5-1)19(17-12-6-2-7-13-17)18-14-8-3-9-15-18;1-3-5-7(8,9)6-4-2/h1-15H;3-4H2,1-2H3,(H,8,9)/p-1. The van der Waals surface area contributed by atoms with Crippen molar-refractivity contribution in [2.45, 2.75) is 13.8 Å². The second kappa shape index (κ2) is 12.6. The molecule has 6 heteroatoms. The maximum atomic E-state index is 4.99. The Morgan fingerprint density at radius 1 is 0.679 bits per heavy atom. The van der Waals surface area contributed by atoms with Gasteiger partial charge in [0.2, 0.25) is 0 Å². The predicted octanol–water partition coefficient (Wildman–Crippen LogP) is 4.03. The van der Waals surface area contributed by atoms with Gasteiger partial charge in [-0.1, -0.05) is 11.8 Å². The van der Waals surface area contributed by atoms with Crippen LogP contribution in [0.1, 0.15) is 13.8 Å². The molecular weight excluding hydrogens is 464 g/mol. The molecule has 0 saturated carbocycles. The maximum absolute atomic E-state index is 4.99. The van der Waals surface area contributed by atoms with Crippen LogP contribution in [0.15, 0.2) is 91.0 Å². The van der Waals surface area contributed by atoms with Gasteiger partial charge in [0, 0.05) is 13.2 Å². The number of benzene rings is 3. The Kier molecular flexibility index (Phi) is 10.6. The van der Waals surface area contributed by atoms with Crippen molar-refractivity contribution in [3.8, 4) is 0 Å². The first-order valence-corrected chi connectivity index (χ1v) is 16.0. The van der Waals surface area contributed by atoms with Gasteiger partial charge < -0.3 is 21.3 Å². The Hall–Kier alpha value is -0.877. The Labute approximate surface area is 183 Å². The quantitative estimate of drug-likeness (QED) is 0.284. The third-order valence-electron chi connectivity index (χ3n) is 3.76. The average molecular weight is 489 g/mol. The van der Waals surface area contributed by atoms with Crippen LogP contribution in [-0.2, 0) is 33.1 Å². The van der Waals surface area contributed by atoms with Crippen LogP contribution in [0.5, 0.6) is 0 Å². The van der Waals surface area contributed by atoms with E-state index in [-0.39, 0.29) is 0 Å². The summed E-state index contributed by atoms with van der Waals surface area (Å²) in [4.78, 5) is 0. The molecule has 3 aromatic carbocycles. The van der Waals surface area contributed by atoms with Crippen LogP contribution in [0.2, 0.25) is 0 Å². The van der Waals surface area contributed by atoms with Gasteiger partial charge >= 0.3 is 119 Å². The monoisotopic (exact) mass is 490 g/mol. The Morgan fingerprint density at radius 3 is 1.21 bits per heavy atom. The second-order valence-corrected chi connectivity index (χ2v) is 16.0. The summed E-state index contributed by atoms with van der Waals surface area (Å²) in [5, 5.41) is 0. The van der Waals surface area contributed by atoms with E-state index < -0.39 is 20.0 Å². The van der Waals surface area contributed by atoms with Crippen LogP contribution in [0, 0.1) is 0 Å². The molecular formula is C22H25GeO2PS2-. The zero-order valence-corrected chi connectivity index (χ0v) is 20.8. The van der Waals surface area contributed by atoms with Gasteiger partial charge in [-0.15, -0.1) is 0 Å². The van der Waals surface area contributed by atoms with E-state index in [2.05, 4.69) is 91.0 Å². The van der Waals surface area contributed by atoms with Gasteiger partial charge in [-0.25, -0.2) is 0 Å². The van der Waals surface area contributed by atoms with Crippen molar-refractivity contribution in [3.05, 3.63) is 91.0 Å². The van der Waals surface area contributed by atoms with E-state index in [1.807, 2.05) is 13.8 Å². The molecule has 2 nitrogen and oxygen atoms in total. The topological polar surface area (TPSA) is 18.5 Å². The van der Waals surface area contributed by atoms with Crippen LogP contribution in [0.25, 0.3) is 0 Å². The molecule has 0 unspecified atom stereocenters. The predicted molar refractivity (Wildman–Crippen MR) is 129 cm³/mol. The molecule has 3 aromatic rings. The van der Waals surface area contributed by atoms with Crippen LogP contribution >= 0.6 is 5.69 Å². The fourth-order valence-corrected chi connectivity index (χ4v) is 10.0. The zero-order chi connectivity index (χ0) is 20.2. The summed E-state index contributed by atoms with van der Waals surface area (Å²) in [6.45, 7) is 4.79. The molecule has 0 aliphatic rings. The van der Waals surface area contributed by atoms with Crippen molar-refractivity contribution in [3.63, 3.8) is 0 Å². The normalized spacial score (nSPS) is 11.0. The molecule has 0 saturated heterocycles. The molecule has 0 N–H and O–H groups in total. The fourth-order valence-electron chi connectivity index (χ4n) is 2.67. The minimum absolute atomic E-state index is 0.542. The molecule has 0 bridgehead atoms. The molecule has 0 aliphatic heterocycles. The van der Waals surface area contributed by atoms with Gasteiger partial charge in [0.05, 0.1) is 5.69 Å². The van der Waals surface area contributed by atoms with Crippen molar-refractivity contribution in [1.29, 1.82) is 0 Å². The molecule has 0 aliphatic carbocycles. The molecule has 0 atom stereocenters. The van der Waals surface area contributed by atoms with Gasteiger partial charge in [0.1, 0.15) is 0 Å². The third-order valence-corrected chi connectivity index (χ3v) is 11.9. The van der Waals surface area contributed by atoms with Crippen LogP contribution in [0.4, 0.5) is 0 Å². The summed E-state index contributed by atoms with van der Waals surface area (Å²) in [5.74, 6) is 0. The summed E-state index contributed by atoms with van der Waals surface area (Å²) in [6, 6.07) is 32.8. The number of hydrogen-bond donors (Lipinski definition) is 0. The molecule has 3 rings (SSSR count). The van der Waals surface area contributed by atoms with Crippen molar-refractivity contribution in [1.82, 2.24) is 0 Å². The molecule has 0 aromatic heterocycles. The van der Waals surface area contributed by atoms with Crippen molar-refractivity contribution < 1.29 is 9.05 Å². The zero-order valence-electron chi connectivity index (χ0n) is 16.2. The molecule has 28 heavy (non-hydrogen) atoms. The van der Waals surface area contributed by atoms with Crippen molar-refractivity contribution in [2.75, 3.05) is 13.2 Å². The average Bonchev–Trinajstić information content (AvgIpc) is 2.71. The molecule has 0 amide bonds. The summed E-state index contributed by atoms with van der Waals surface area (Å²) in [7, 11) is 0. The SMILES string of the molecule is CCOP(=S)([S-])OCC.c1cc[c]([Ge]([c]2ccccc2)[c]2ccccc2)cc1. The minimum atomic E-state index is -2.28. The van der Waals surface area contributed by atoms with E-state index in [1.165, 1.54) is 13.2 Å². The molecule has 147 valence electrons. The van der Waals surface area contributed by atoms with Gasteiger partial charge in [-0.3, -0.25) is 0 Å². The molecule has 0 heterocycles. The van der Waals surface area contributed by atoms with Crippen molar-refractivity contribution >= 4 is 57.3 Å². The van der Waals surface area contributed by atoms with Crippen LogP contribution in [0.3, 0.4) is 0 Å². The molecule has 1 radical (unpaired) electrons. The first-order chi connectivity index (χ1) is 13.6. The van der Waals surface area contributed by atoms with Gasteiger partial charge in [-0.2, -0.15) is 0 Å². The Morgan fingerprint density at radius 2 is 0.964 bits per heavy atom. The Balaban J connectivity index is 0.000000266. The van der Waals surface area contributed by atoms with E-state index in [9.17, 15) is 0 Å². The van der Waals surface area contributed by atoms with Gasteiger partial charge in [0.15, 0.2) is 0 Å². The number of hydrogen-bond acceptors (Lipinski definition) is 4. The van der Waals surface area contributed by atoms with Crippen LogP contribution in [-0.4, -0.2) is 27.6 Å². The summed E-state index contributed by atoms with van der Waals surface area (Å²) in [6.07, 6.45) is 0. The van der Waals surface area contributed by atoms with E-state index in [0.717, 1.165) is 0 Å². The number of rotatable bonds is 7. The first-order valence-electron chi connectivity index (χ1n) is 9.20. The van der Waals surface area contributed by atoms with Crippen LogP contribution < -0.4 is 13.2 Å². The van der Waals surface area contributed by atoms with E-state index in [1.54, 1.807) is 0 Å². The summed E-state index contributed by atoms with van der Waals surface area (Å²) < 4.78 is 14.5. The van der Waals surface area contributed by atoms with E-state index in [0.29, 0.717) is 13.2 Å². The van der Waals surface area contributed by atoms with E-state index in [4.69, 9.17) is 33.1 Å². The third kappa shape index (κ3) is 7.86. The summed E-state index contributed by atoms with van der Waals surface area (Å²) >= 11 is 8.01. The van der Waals surface area contributed by atoms with Gasteiger partial charge in [0.25, 0.3) is 0 Å². The van der Waals surface area contributed by atoms with E-state index >= 15 is 0 Å². The van der Waals surface area contributed by atoms with Gasteiger partial charge in [-0.05, 0) is 13.8 Å². The molecule has 0 spiro atoms. The Bertz CT molecular complexity index is 744. The second-order valence-electron chi connectivity index (χ2n) is 5.76. The van der Waals surface area contributed by atoms with Crippen molar-refractivity contribution in [2.24, 2.45) is 0 Å².